The number of fused-ring (bicyclic) bond motifs is 1. The zero-order valence-corrected chi connectivity index (χ0v) is 20.0. The van der Waals surface area contributed by atoms with Crippen LogP contribution in [-0.4, -0.2) is 43.6 Å². The first-order chi connectivity index (χ1) is 17.4. The van der Waals surface area contributed by atoms with E-state index >= 15 is 0 Å². The highest BCUT2D eigenvalue weighted by Gasteiger charge is 2.28. The Balaban J connectivity index is 1.47. The van der Waals surface area contributed by atoms with Crippen LogP contribution in [-0.2, 0) is 11.4 Å². The number of carbonyl (C=O) groups is 1. The number of amides is 1. The predicted molar refractivity (Wildman–Crippen MR) is 136 cm³/mol. The van der Waals surface area contributed by atoms with Gasteiger partial charge in [0.25, 0.3) is 0 Å². The summed E-state index contributed by atoms with van der Waals surface area (Å²) in [5.41, 5.74) is 10.2. The molecule has 2 aromatic carbocycles. The summed E-state index contributed by atoms with van der Waals surface area (Å²) in [5.74, 6) is 0.635. The van der Waals surface area contributed by atoms with E-state index in [9.17, 15) is 9.18 Å². The molecule has 1 amide bonds. The van der Waals surface area contributed by atoms with Crippen LogP contribution in [0.2, 0.25) is 0 Å². The number of benzene rings is 2. The molecular formula is C27H27FN6O2. The molecule has 0 saturated carbocycles. The molecule has 0 unspecified atom stereocenters. The minimum Gasteiger partial charge on any atom is -0.489 e. The van der Waals surface area contributed by atoms with Gasteiger partial charge in [-0.25, -0.2) is 19.0 Å². The fraction of sp³-hybridized carbons (Fsp3) is 0.259. The summed E-state index contributed by atoms with van der Waals surface area (Å²) in [6.07, 6.45) is 4.51. The molecule has 0 radical (unpaired) electrons. The molecule has 0 bridgehead atoms. The number of rotatable bonds is 6. The molecule has 0 spiro atoms. The van der Waals surface area contributed by atoms with Gasteiger partial charge in [-0.1, -0.05) is 18.7 Å². The van der Waals surface area contributed by atoms with Gasteiger partial charge in [-0.15, -0.1) is 0 Å². The van der Waals surface area contributed by atoms with E-state index in [1.54, 1.807) is 11.0 Å². The van der Waals surface area contributed by atoms with E-state index < -0.39 is 0 Å². The zero-order valence-electron chi connectivity index (χ0n) is 20.0. The van der Waals surface area contributed by atoms with E-state index in [2.05, 4.69) is 16.5 Å². The molecule has 9 heteroatoms. The standard InChI is InChI=1S/C27H27FN6O2/c1-3-23(35)33-11-5-8-20(14-33)34-27-24(26(29)30-16-31-27)25(32-34)22-10-9-21(12-17(22)2)36-15-18-6-4-7-19(28)13-18/h3-4,6-7,9-10,12-13,16,20H,1,5,8,11,14-15H2,2H3,(H2,29,30,31)/t20-/m1/s1. The second-order valence-corrected chi connectivity index (χ2v) is 8.93. The van der Waals surface area contributed by atoms with Crippen LogP contribution >= 0.6 is 0 Å². The fourth-order valence-corrected chi connectivity index (χ4v) is 4.71. The highest BCUT2D eigenvalue weighted by molar-refractivity contribution is 5.99. The molecule has 5 rings (SSSR count). The largest absolute Gasteiger partial charge is 0.489 e. The van der Waals surface area contributed by atoms with Crippen molar-refractivity contribution in [1.82, 2.24) is 24.6 Å². The van der Waals surface area contributed by atoms with E-state index in [0.29, 0.717) is 41.4 Å². The number of aromatic nitrogens is 4. The Morgan fingerprint density at radius 3 is 2.92 bits per heavy atom. The van der Waals surface area contributed by atoms with Gasteiger partial charge in [-0.3, -0.25) is 4.79 Å². The monoisotopic (exact) mass is 486 g/mol. The normalized spacial score (nSPS) is 15.7. The number of halogens is 1. The smallest absolute Gasteiger partial charge is 0.246 e. The van der Waals surface area contributed by atoms with Gasteiger partial charge in [0.1, 0.15) is 36.0 Å². The van der Waals surface area contributed by atoms with E-state index in [-0.39, 0.29) is 24.4 Å². The van der Waals surface area contributed by atoms with Crippen LogP contribution in [0.5, 0.6) is 5.75 Å². The minimum absolute atomic E-state index is 0.0395. The lowest BCUT2D eigenvalue weighted by molar-refractivity contribution is -0.127. The van der Waals surface area contributed by atoms with Crippen molar-refractivity contribution >= 4 is 22.8 Å². The highest BCUT2D eigenvalue weighted by Crippen LogP contribution is 2.36. The van der Waals surface area contributed by atoms with Gasteiger partial charge in [-0.05, 0) is 67.3 Å². The second kappa shape index (κ2) is 9.77. The van der Waals surface area contributed by atoms with Crippen molar-refractivity contribution in [2.24, 2.45) is 0 Å². The highest BCUT2D eigenvalue weighted by atomic mass is 19.1. The van der Waals surface area contributed by atoms with Gasteiger partial charge in [-0.2, -0.15) is 5.10 Å². The molecule has 1 saturated heterocycles. The Kier molecular flexibility index (Phi) is 6.37. The number of nitrogen functional groups attached to an aromatic ring is 1. The molecule has 1 fully saturated rings. The van der Waals surface area contributed by atoms with Gasteiger partial charge < -0.3 is 15.4 Å². The second-order valence-electron chi connectivity index (χ2n) is 8.93. The van der Waals surface area contributed by atoms with Crippen molar-refractivity contribution in [1.29, 1.82) is 0 Å². The summed E-state index contributed by atoms with van der Waals surface area (Å²) in [6.45, 7) is 7.06. The molecule has 4 aromatic rings. The summed E-state index contributed by atoms with van der Waals surface area (Å²) in [4.78, 5) is 22.7. The maximum Gasteiger partial charge on any atom is 0.246 e. The van der Waals surface area contributed by atoms with Crippen molar-refractivity contribution in [2.45, 2.75) is 32.4 Å². The molecule has 36 heavy (non-hydrogen) atoms. The molecule has 0 aliphatic carbocycles. The number of ether oxygens (including phenoxy) is 1. The summed E-state index contributed by atoms with van der Waals surface area (Å²) in [7, 11) is 0. The van der Waals surface area contributed by atoms with Crippen LogP contribution in [0.25, 0.3) is 22.3 Å². The first-order valence-corrected chi connectivity index (χ1v) is 11.8. The molecule has 184 valence electrons. The quantitative estimate of drug-likeness (QED) is 0.404. The Morgan fingerprint density at radius 2 is 2.14 bits per heavy atom. The molecule has 2 aromatic heterocycles. The summed E-state index contributed by atoms with van der Waals surface area (Å²) >= 11 is 0. The van der Waals surface area contributed by atoms with Gasteiger partial charge in [0.15, 0.2) is 5.65 Å². The average molecular weight is 487 g/mol. The zero-order chi connectivity index (χ0) is 25.2. The Morgan fingerprint density at radius 1 is 1.28 bits per heavy atom. The molecule has 8 nitrogen and oxygen atoms in total. The molecule has 3 heterocycles. The summed E-state index contributed by atoms with van der Waals surface area (Å²) in [5, 5.41) is 5.63. The first-order valence-electron chi connectivity index (χ1n) is 11.8. The lowest BCUT2D eigenvalue weighted by atomic mass is 10.0. The van der Waals surface area contributed by atoms with Crippen molar-refractivity contribution in [3.63, 3.8) is 0 Å². The number of anilines is 1. The molecular weight excluding hydrogens is 459 g/mol. The Bertz CT molecular complexity index is 1450. The van der Waals surface area contributed by atoms with Crippen LogP contribution in [0.4, 0.5) is 10.2 Å². The number of hydrogen-bond donors (Lipinski definition) is 1. The number of aryl methyl sites for hydroxylation is 1. The van der Waals surface area contributed by atoms with Crippen molar-refractivity contribution < 1.29 is 13.9 Å². The van der Waals surface area contributed by atoms with Crippen LogP contribution in [0, 0.1) is 12.7 Å². The minimum atomic E-state index is -0.292. The van der Waals surface area contributed by atoms with Gasteiger partial charge in [0, 0.05) is 18.7 Å². The van der Waals surface area contributed by atoms with Crippen LogP contribution in [0.15, 0.2) is 61.4 Å². The molecule has 1 aliphatic rings. The maximum atomic E-state index is 13.5. The van der Waals surface area contributed by atoms with Gasteiger partial charge in [0.05, 0.1) is 11.4 Å². The molecule has 2 N–H and O–H groups in total. The molecule has 1 atom stereocenters. The molecule has 1 aliphatic heterocycles. The van der Waals surface area contributed by atoms with Crippen LogP contribution < -0.4 is 10.5 Å². The van der Waals surface area contributed by atoms with E-state index in [4.69, 9.17) is 15.6 Å². The van der Waals surface area contributed by atoms with Gasteiger partial charge in [0.2, 0.25) is 5.91 Å². The van der Waals surface area contributed by atoms with Crippen LogP contribution in [0.1, 0.15) is 30.0 Å². The number of piperidine rings is 1. The summed E-state index contributed by atoms with van der Waals surface area (Å²) in [6, 6.07) is 12.0. The predicted octanol–water partition coefficient (Wildman–Crippen LogP) is 4.45. The Hall–Kier alpha value is -4.27. The first kappa shape index (κ1) is 23.5. The Labute approximate surface area is 208 Å². The van der Waals surface area contributed by atoms with E-state index in [1.807, 2.05) is 35.9 Å². The number of likely N-dealkylation sites (tertiary alicyclic amines) is 1. The SMILES string of the molecule is C=CC(=O)N1CCC[C@@H](n2nc(-c3ccc(OCc4cccc(F)c4)cc3C)c3c(N)ncnc32)C1. The number of nitrogens with two attached hydrogens (primary N) is 1. The fourth-order valence-electron chi connectivity index (χ4n) is 4.71. The van der Waals surface area contributed by atoms with Crippen molar-refractivity contribution in [3.8, 4) is 17.0 Å². The lowest BCUT2D eigenvalue weighted by Crippen LogP contribution is -2.40. The maximum absolute atomic E-state index is 13.5. The third-order valence-electron chi connectivity index (χ3n) is 6.49. The van der Waals surface area contributed by atoms with Crippen molar-refractivity contribution in [3.05, 3.63) is 78.4 Å². The topological polar surface area (TPSA) is 99.2 Å². The van der Waals surface area contributed by atoms with E-state index in [0.717, 1.165) is 29.5 Å². The summed E-state index contributed by atoms with van der Waals surface area (Å²) < 4.78 is 21.2. The number of nitrogens with zero attached hydrogens (tertiary/aromatic N) is 5. The number of hydrogen-bond acceptors (Lipinski definition) is 6. The van der Waals surface area contributed by atoms with Crippen LogP contribution in [0.3, 0.4) is 0 Å². The van der Waals surface area contributed by atoms with Gasteiger partial charge >= 0.3 is 0 Å². The van der Waals surface area contributed by atoms with Crippen molar-refractivity contribution in [2.75, 3.05) is 18.8 Å². The average Bonchev–Trinajstić information content (AvgIpc) is 3.28. The number of carbonyl (C=O) groups excluding carboxylic acids is 1. The third-order valence-corrected chi connectivity index (χ3v) is 6.49. The third kappa shape index (κ3) is 4.51. The van der Waals surface area contributed by atoms with E-state index in [1.165, 1.54) is 24.5 Å². The lowest BCUT2D eigenvalue weighted by Gasteiger charge is -2.32.